The van der Waals surface area contributed by atoms with Crippen molar-refractivity contribution in [1.29, 1.82) is 0 Å². The van der Waals surface area contributed by atoms with Gasteiger partial charge in [0.2, 0.25) is 10.0 Å². The molecule has 0 amide bonds. The molecule has 0 bridgehead atoms. The first kappa shape index (κ1) is 15.4. The molecule has 0 aromatic rings. The van der Waals surface area contributed by atoms with Gasteiger partial charge in [0, 0.05) is 18.6 Å². The summed E-state index contributed by atoms with van der Waals surface area (Å²) in [7, 11) is -2.26. The first-order valence-electron chi connectivity index (χ1n) is 6.08. The van der Waals surface area contributed by atoms with Crippen LogP contribution in [0, 0.1) is 5.41 Å². The summed E-state index contributed by atoms with van der Waals surface area (Å²) < 4.78 is 30.2. The molecule has 18 heavy (non-hydrogen) atoms. The highest BCUT2D eigenvalue weighted by molar-refractivity contribution is 7.89. The van der Waals surface area contributed by atoms with Crippen LogP contribution in [0.1, 0.15) is 32.1 Å². The molecule has 1 aliphatic rings. The van der Waals surface area contributed by atoms with Crippen molar-refractivity contribution in [2.75, 3.05) is 26.0 Å². The quantitative estimate of drug-likeness (QED) is 0.641. The lowest BCUT2D eigenvalue weighted by Crippen LogP contribution is -2.39. The molecule has 0 spiro atoms. The lowest BCUT2D eigenvalue weighted by molar-refractivity contribution is -0.140. The maximum atomic E-state index is 11.7. The van der Waals surface area contributed by atoms with Crippen molar-refractivity contribution in [3.8, 4) is 0 Å². The summed E-state index contributed by atoms with van der Waals surface area (Å²) in [5, 5.41) is 9.36. The number of esters is 1. The van der Waals surface area contributed by atoms with Crippen LogP contribution < -0.4 is 4.72 Å². The third kappa shape index (κ3) is 4.55. The highest BCUT2D eigenvalue weighted by atomic mass is 32.2. The fourth-order valence-corrected chi connectivity index (χ4v) is 3.28. The van der Waals surface area contributed by atoms with Gasteiger partial charge in [-0.05, 0) is 12.8 Å². The zero-order chi connectivity index (χ0) is 13.6. The number of ether oxygens (including phenoxy) is 1. The predicted octanol–water partition coefficient (Wildman–Crippen LogP) is 0.0216. The highest BCUT2D eigenvalue weighted by Crippen LogP contribution is 2.36. The third-order valence-corrected chi connectivity index (χ3v) is 4.80. The second kappa shape index (κ2) is 6.49. The molecule has 1 aliphatic carbocycles. The minimum atomic E-state index is -3.48. The van der Waals surface area contributed by atoms with Gasteiger partial charge < -0.3 is 9.84 Å². The van der Waals surface area contributed by atoms with Crippen molar-refractivity contribution in [2.24, 2.45) is 5.41 Å². The van der Waals surface area contributed by atoms with E-state index in [0.29, 0.717) is 0 Å². The van der Waals surface area contributed by atoms with Crippen molar-refractivity contribution in [3.05, 3.63) is 0 Å². The van der Waals surface area contributed by atoms with Crippen LogP contribution in [0.25, 0.3) is 0 Å². The molecule has 0 saturated heterocycles. The van der Waals surface area contributed by atoms with Crippen molar-refractivity contribution >= 4 is 16.0 Å². The molecule has 0 aliphatic heterocycles. The topological polar surface area (TPSA) is 92.7 Å². The van der Waals surface area contributed by atoms with E-state index in [2.05, 4.69) is 9.46 Å². The molecule has 0 radical (unpaired) electrons. The smallest absolute Gasteiger partial charge is 0.306 e. The molecular weight excluding hydrogens is 258 g/mol. The van der Waals surface area contributed by atoms with Crippen molar-refractivity contribution in [3.63, 3.8) is 0 Å². The Balaban J connectivity index is 2.43. The summed E-state index contributed by atoms with van der Waals surface area (Å²) in [5.74, 6) is -0.820. The van der Waals surface area contributed by atoms with Gasteiger partial charge in [0.1, 0.15) is 0 Å². The molecule has 1 saturated carbocycles. The number of aliphatic hydroxyl groups excluding tert-OH is 1. The van der Waals surface area contributed by atoms with Crippen LogP contribution in [0.15, 0.2) is 0 Å². The van der Waals surface area contributed by atoms with Crippen LogP contribution >= 0.6 is 0 Å². The van der Waals surface area contributed by atoms with Gasteiger partial charge in [-0.1, -0.05) is 12.8 Å². The molecule has 7 heteroatoms. The van der Waals surface area contributed by atoms with Crippen molar-refractivity contribution in [2.45, 2.75) is 32.1 Å². The Morgan fingerprint density at radius 3 is 2.50 bits per heavy atom. The van der Waals surface area contributed by atoms with Gasteiger partial charge in [0.15, 0.2) is 0 Å². The number of aliphatic hydroxyl groups is 1. The Kier molecular flexibility index (Phi) is 5.55. The number of nitrogens with one attached hydrogen (secondary N) is 1. The molecule has 0 unspecified atom stereocenters. The maximum Gasteiger partial charge on any atom is 0.306 e. The molecule has 0 aromatic carbocycles. The van der Waals surface area contributed by atoms with E-state index in [1.165, 1.54) is 7.11 Å². The summed E-state index contributed by atoms with van der Waals surface area (Å²) in [6, 6.07) is 0. The van der Waals surface area contributed by atoms with Crippen LogP contribution in [0.4, 0.5) is 0 Å². The third-order valence-electron chi connectivity index (χ3n) is 3.47. The van der Waals surface area contributed by atoms with Crippen LogP contribution in [0.2, 0.25) is 0 Å². The summed E-state index contributed by atoms with van der Waals surface area (Å²) in [5.41, 5.74) is -0.321. The van der Waals surface area contributed by atoms with Gasteiger partial charge in [0.25, 0.3) is 0 Å². The molecule has 0 aromatic heterocycles. The second-order valence-corrected chi connectivity index (χ2v) is 6.76. The standard InChI is InChI=1S/C11H21NO5S/c1-17-10(14)4-7-18(15,16)12-8-11(9-13)5-2-3-6-11/h12-13H,2-9H2,1H3. The summed E-state index contributed by atoms with van der Waals surface area (Å²) in [6.07, 6.45) is 3.55. The number of hydrogen-bond acceptors (Lipinski definition) is 5. The number of rotatable bonds is 7. The van der Waals surface area contributed by atoms with E-state index in [-0.39, 0.29) is 30.7 Å². The van der Waals surface area contributed by atoms with E-state index in [0.717, 1.165) is 25.7 Å². The van der Waals surface area contributed by atoms with Gasteiger partial charge in [-0.25, -0.2) is 13.1 Å². The van der Waals surface area contributed by atoms with Gasteiger partial charge >= 0.3 is 5.97 Å². The Hall–Kier alpha value is -0.660. The predicted molar refractivity (Wildman–Crippen MR) is 66.4 cm³/mol. The molecular formula is C11H21NO5S. The average Bonchev–Trinajstić information content (AvgIpc) is 2.83. The van der Waals surface area contributed by atoms with Gasteiger partial charge in [-0.15, -0.1) is 0 Å². The number of carbonyl (C=O) groups excluding carboxylic acids is 1. The summed E-state index contributed by atoms with van der Waals surface area (Å²) in [6.45, 7) is 0.236. The first-order valence-corrected chi connectivity index (χ1v) is 7.73. The maximum absolute atomic E-state index is 11.7. The fraction of sp³-hybridized carbons (Fsp3) is 0.909. The van der Waals surface area contributed by atoms with Gasteiger partial charge in [0.05, 0.1) is 19.3 Å². The second-order valence-electron chi connectivity index (χ2n) is 4.83. The minimum absolute atomic E-state index is 0.00742. The largest absolute Gasteiger partial charge is 0.469 e. The Bertz CT molecular complexity index is 373. The van der Waals surface area contributed by atoms with Crippen LogP contribution in [-0.4, -0.2) is 45.5 Å². The van der Waals surface area contributed by atoms with E-state index in [9.17, 15) is 18.3 Å². The fourth-order valence-electron chi connectivity index (χ4n) is 2.17. The van der Waals surface area contributed by atoms with Crippen LogP contribution in [-0.2, 0) is 19.6 Å². The first-order chi connectivity index (χ1) is 8.43. The normalized spacial score (nSPS) is 18.8. The molecule has 2 N–H and O–H groups in total. The summed E-state index contributed by atoms with van der Waals surface area (Å²) in [4.78, 5) is 10.9. The molecule has 0 heterocycles. The zero-order valence-electron chi connectivity index (χ0n) is 10.6. The SMILES string of the molecule is COC(=O)CCS(=O)(=O)NCC1(CO)CCCC1. The van der Waals surface area contributed by atoms with Crippen molar-refractivity contribution < 1.29 is 23.1 Å². The number of methoxy groups -OCH3 is 1. The summed E-state index contributed by atoms with van der Waals surface area (Å²) >= 11 is 0. The van der Waals surface area contributed by atoms with Crippen LogP contribution in [0.3, 0.4) is 0 Å². The lowest BCUT2D eigenvalue weighted by Gasteiger charge is -2.26. The number of sulfonamides is 1. The minimum Gasteiger partial charge on any atom is -0.469 e. The van der Waals surface area contributed by atoms with E-state index in [1.807, 2.05) is 0 Å². The Morgan fingerprint density at radius 2 is 2.00 bits per heavy atom. The zero-order valence-corrected chi connectivity index (χ0v) is 11.5. The van der Waals surface area contributed by atoms with Crippen LogP contribution in [0.5, 0.6) is 0 Å². The molecule has 1 fully saturated rings. The molecule has 106 valence electrons. The molecule has 1 rings (SSSR count). The van der Waals surface area contributed by atoms with E-state index < -0.39 is 16.0 Å². The Morgan fingerprint density at radius 1 is 1.39 bits per heavy atom. The average molecular weight is 279 g/mol. The van der Waals surface area contributed by atoms with E-state index in [4.69, 9.17) is 0 Å². The van der Waals surface area contributed by atoms with Gasteiger partial charge in [-0.2, -0.15) is 0 Å². The van der Waals surface area contributed by atoms with Crippen molar-refractivity contribution in [1.82, 2.24) is 4.72 Å². The monoisotopic (exact) mass is 279 g/mol. The lowest BCUT2D eigenvalue weighted by atomic mass is 9.88. The van der Waals surface area contributed by atoms with Gasteiger partial charge in [-0.3, -0.25) is 4.79 Å². The van der Waals surface area contributed by atoms with E-state index >= 15 is 0 Å². The van der Waals surface area contributed by atoms with E-state index in [1.54, 1.807) is 0 Å². The molecule has 6 nitrogen and oxygen atoms in total. The highest BCUT2D eigenvalue weighted by Gasteiger charge is 2.34. The number of hydrogen-bond donors (Lipinski definition) is 2. The molecule has 0 atom stereocenters. The Labute approximate surface area is 108 Å². The number of carbonyl (C=O) groups is 1.